The van der Waals surface area contributed by atoms with E-state index in [0.29, 0.717) is 0 Å². The Morgan fingerprint density at radius 1 is 1.12 bits per heavy atom. The summed E-state index contributed by atoms with van der Waals surface area (Å²) in [7, 11) is -3.53. The van der Waals surface area contributed by atoms with Crippen molar-refractivity contribution in [2.75, 3.05) is 11.1 Å². The van der Waals surface area contributed by atoms with Gasteiger partial charge in [-0.25, -0.2) is 8.42 Å². The molecule has 0 unspecified atom stereocenters. The van der Waals surface area contributed by atoms with E-state index in [0.717, 1.165) is 0 Å². The minimum absolute atomic E-state index is 0.0553. The second-order valence-electron chi connectivity index (χ2n) is 4.72. The van der Waals surface area contributed by atoms with Gasteiger partial charge < -0.3 is 8.94 Å². The van der Waals surface area contributed by atoms with Crippen molar-refractivity contribution >= 4 is 21.8 Å². The van der Waals surface area contributed by atoms with Crippen molar-refractivity contribution < 1.29 is 22.2 Å². The summed E-state index contributed by atoms with van der Waals surface area (Å²) in [6.45, 7) is 0. The number of rotatable bonds is 6. The minimum atomic E-state index is -3.53. The number of sulfone groups is 1. The molecule has 0 aliphatic heterocycles. The van der Waals surface area contributed by atoms with E-state index < -0.39 is 15.7 Å². The summed E-state index contributed by atoms with van der Waals surface area (Å²) >= 11 is 0. The van der Waals surface area contributed by atoms with Crippen molar-refractivity contribution in [1.29, 1.82) is 0 Å². The van der Waals surface area contributed by atoms with Gasteiger partial charge in [0.15, 0.2) is 9.84 Å². The molecule has 2 aromatic heterocycles. The van der Waals surface area contributed by atoms with Crippen molar-refractivity contribution in [2.24, 2.45) is 0 Å². The molecule has 2 heterocycles. The lowest BCUT2D eigenvalue weighted by molar-refractivity contribution is -0.115. The predicted octanol–water partition coefficient (Wildman–Crippen LogP) is 1.53. The number of anilines is 1. The molecule has 0 aliphatic rings. The third kappa shape index (κ3) is 3.66. The Morgan fingerprint density at radius 3 is 2.62 bits per heavy atom. The fraction of sp³-hybridized carbons (Fsp3) is 0.143. The first-order valence-electron chi connectivity index (χ1n) is 6.87. The van der Waals surface area contributed by atoms with Gasteiger partial charge in [0.25, 0.3) is 5.89 Å². The fourth-order valence-electron chi connectivity index (χ4n) is 1.85. The van der Waals surface area contributed by atoms with Crippen LogP contribution in [0.25, 0.3) is 11.7 Å². The highest BCUT2D eigenvalue weighted by atomic mass is 32.2. The lowest BCUT2D eigenvalue weighted by atomic mass is 10.4. The van der Waals surface area contributed by atoms with Crippen molar-refractivity contribution in [1.82, 2.24) is 15.4 Å². The van der Waals surface area contributed by atoms with Crippen LogP contribution in [0.1, 0.15) is 6.42 Å². The number of carbonyl (C=O) groups is 1. The van der Waals surface area contributed by atoms with Crippen molar-refractivity contribution in [2.45, 2.75) is 11.3 Å². The van der Waals surface area contributed by atoms with Crippen LogP contribution in [0.15, 0.2) is 56.4 Å². The van der Waals surface area contributed by atoms with Crippen molar-refractivity contribution in [3.8, 4) is 11.7 Å². The first-order chi connectivity index (χ1) is 11.5. The molecule has 0 saturated heterocycles. The molecule has 1 aromatic carbocycles. The average molecular weight is 348 g/mol. The topological polar surface area (TPSA) is 128 Å². The van der Waals surface area contributed by atoms with Gasteiger partial charge in [0.1, 0.15) is 0 Å². The number of hydrogen-bond acceptors (Lipinski definition) is 8. The molecule has 0 spiro atoms. The predicted molar refractivity (Wildman–Crippen MR) is 81.5 cm³/mol. The summed E-state index contributed by atoms with van der Waals surface area (Å²) in [5, 5.41) is 13.2. The lowest BCUT2D eigenvalue weighted by Crippen LogP contribution is -2.17. The molecule has 3 aromatic rings. The smallest absolute Gasteiger partial charge is 0.322 e. The Hall–Kier alpha value is -3.01. The Labute approximate surface area is 136 Å². The molecular formula is C14H12N4O5S. The van der Waals surface area contributed by atoms with E-state index in [1.165, 1.54) is 24.4 Å². The number of hydrogen-bond donors (Lipinski definition) is 1. The van der Waals surface area contributed by atoms with Gasteiger partial charge in [-0.05, 0) is 12.1 Å². The first-order valence-corrected chi connectivity index (χ1v) is 8.52. The van der Waals surface area contributed by atoms with Crippen LogP contribution < -0.4 is 5.32 Å². The van der Waals surface area contributed by atoms with Crippen LogP contribution in [0, 0.1) is 0 Å². The molecule has 0 bridgehead atoms. The molecule has 10 heteroatoms. The van der Waals surface area contributed by atoms with Crippen LogP contribution in [0.2, 0.25) is 0 Å². The molecule has 0 radical (unpaired) electrons. The fourth-order valence-corrected chi connectivity index (χ4v) is 3.12. The maximum Gasteiger partial charge on any atom is 0.322 e. The molecule has 9 nitrogen and oxygen atoms in total. The number of nitrogens with zero attached hydrogens (tertiary/aromatic N) is 3. The zero-order valence-electron chi connectivity index (χ0n) is 12.2. The van der Waals surface area contributed by atoms with Crippen LogP contribution in [-0.4, -0.2) is 35.4 Å². The second-order valence-corrected chi connectivity index (χ2v) is 6.83. The molecule has 1 N–H and O–H groups in total. The number of carbonyl (C=O) groups excluding carboxylic acids is 1. The molecule has 0 aliphatic carbocycles. The summed E-state index contributed by atoms with van der Waals surface area (Å²) in [5.74, 6) is -0.567. The van der Waals surface area contributed by atoms with Crippen molar-refractivity contribution in [3.63, 3.8) is 0 Å². The van der Waals surface area contributed by atoms with E-state index in [4.69, 9.17) is 8.94 Å². The van der Waals surface area contributed by atoms with Crippen LogP contribution in [-0.2, 0) is 14.6 Å². The van der Waals surface area contributed by atoms with E-state index in [9.17, 15) is 13.2 Å². The molecule has 0 saturated carbocycles. The standard InChI is InChI=1S/C14H12N4O5S/c19-12(7-9-24(20,21)10-4-2-1-3-5-10)16-14-18-17-13(22-14)11-6-8-15-23-11/h1-6,8H,7,9H2,(H,16,18,19). The molecule has 124 valence electrons. The molecule has 3 rings (SSSR count). The second kappa shape index (κ2) is 6.62. The summed E-state index contributed by atoms with van der Waals surface area (Å²) in [4.78, 5) is 12.0. The Morgan fingerprint density at radius 2 is 1.92 bits per heavy atom. The average Bonchev–Trinajstić information content (AvgIpc) is 3.25. The highest BCUT2D eigenvalue weighted by Gasteiger charge is 2.18. The lowest BCUT2D eigenvalue weighted by Gasteiger charge is -2.03. The number of amides is 1. The van der Waals surface area contributed by atoms with E-state index in [1.54, 1.807) is 18.2 Å². The van der Waals surface area contributed by atoms with Gasteiger partial charge in [0.2, 0.25) is 11.7 Å². The molecular weight excluding hydrogens is 336 g/mol. The zero-order chi connectivity index (χ0) is 17.0. The molecule has 0 atom stereocenters. The Bertz CT molecular complexity index is 919. The number of benzene rings is 1. The van der Waals surface area contributed by atoms with Crippen LogP contribution in [0.5, 0.6) is 0 Å². The Balaban J connectivity index is 1.58. The highest BCUT2D eigenvalue weighted by molar-refractivity contribution is 7.91. The maximum absolute atomic E-state index is 12.1. The summed E-state index contributed by atoms with van der Waals surface area (Å²) in [5.41, 5.74) is 0. The normalized spacial score (nSPS) is 11.3. The molecule has 1 amide bonds. The first kappa shape index (κ1) is 15.9. The number of aromatic nitrogens is 3. The summed E-state index contributed by atoms with van der Waals surface area (Å²) in [6, 6.07) is 9.29. The SMILES string of the molecule is O=C(CCS(=O)(=O)c1ccccc1)Nc1nnc(-c2ccno2)o1. The quantitative estimate of drug-likeness (QED) is 0.710. The van der Waals surface area contributed by atoms with Crippen LogP contribution in [0.4, 0.5) is 6.01 Å². The van der Waals surface area contributed by atoms with Gasteiger partial charge in [-0.3, -0.25) is 10.1 Å². The minimum Gasteiger partial charge on any atom is -0.400 e. The third-order valence-electron chi connectivity index (χ3n) is 3.02. The van der Waals surface area contributed by atoms with Gasteiger partial charge >= 0.3 is 6.01 Å². The summed E-state index contributed by atoms with van der Waals surface area (Å²) < 4.78 is 34.2. The zero-order valence-corrected chi connectivity index (χ0v) is 13.1. The van der Waals surface area contributed by atoms with E-state index in [2.05, 4.69) is 20.7 Å². The van der Waals surface area contributed by atoms with Gasteiger partial charge in [0.05, 0.1) is 16.8 Å². The van der Waals surface area contributed by atoms with Gasteiger partial charge in [-0.15, -0.1) is 5.10 Å². The molecule has 24 heavy (non-hydrogen) atoms. The van der Waals surface area contributed by atoms with Gasteiger partial charge in [-0.2, -0.15) is 0 Å². The van der Waals surface area contributed by atoms with Gasteiger partial charge in [-0.1, -0.05) is 28.5 Å². The summed E-state index contributed by atoms with van der Waals surface area (Å²) in [6.07, 6.45) is 1.17. The monoisotopic (exact) mass is 348 g/mol. The highest BCUT2D eigenvalue weighted by Crippen LogP contribution is 2.19. The van der Waals surface area contributed by atoms with E-state index in [-0.39, 0.29) is 34.7 Å². The largest absolute Gasteiger partial charge is 0.400 e. The van der Waals surface area contributed by atoms with Crippen LogP contribution in [0.3, 0.4) is 0 Å². The van der Waals surface area contributed by atoms with E-state index in [1.807, 2.05) is 0 Å². The molecule has 0 fully saturated rings. The number of nitrogens with one attached hydrogen (secondary N) is 1. The van der Waals surface area contributed by atoms with E-state index >= 15 is 0 Å². The maximum atomic E-state index is 12.1. The van der Waals surface area contributed by atoms with Gasteiger partial charge in [0, 0.05) is 12.5 Å². The van der Waals surface area contributed by atoms with Crippen molar-refractivity contribution in [3.05, 3.63) is 42.6 Å². The third-order valence-corrected chi connectivity index (χ3v) is 4.75. The Kier molecular flexibility index (Phi) is 4.38. The van der Waals surface area contributed by atoms with Crippen LogP contribution >= 0.6 is 0 Å².